The third kappa shape index (κ3) is 2.99. The highest BCUT2D eigenvalue weighted by molar-refractivity contribution is 9.10. The Labute approximate surface area is 123 Å². The highest BCUT2D eigenvalue weighted by Crippen LogP contribution is 2.22. The zero-order chi connectivity index (χ0) is 14.0. The summed E-state index contributed by atoms with van der Waals surface area (Å²) in [5.41, 5.74) is 7.27. The number of carbonyl (C=O) groups is 1. The van der Waals surface area contributed by atoms with Crippen molar-refractivity contribution in [3.8, 4) is 0 Å². The van der Waals surface area contributed by atoms with Crippen LogP contribution in [0.1, 0.15) is 16.1 Å². The number of aromatic nitrogens is 2. The monoisotopic (exact) mass is 338 g/mol. The van der Waals surface area contributed by atoms with E-state index in [0.717, 1.165) is 4.47 Å². The Morgan fingerprint density at radius 2 is 2.21 bits per heavy atom. The first kappa shape index (κ1) is 13.7. The summed E-state index contributed by atoms with van der Waals surface area (Å²) in [6, 6.07) is 6.95. The molecule has 1 heterocycles. The van der Waals surface area contributed by atoms with Crippen LogP contribution in [0.25, 0.3) is 0 Å². The quantitative estimate of drug-likeness (QED) is 0.840. The maximum absolute atomic E-state index is 12.1. The number of nitrogens with zero attached hydrogens (tertiary/aromatic N) is 2. The van der Waals surface area contributed by atoms with Gasteiger partial charge in [0, 0.05) is 23.3 Å². The summed E-state index contributed by atoms with van der Waals surface area (Å²) in [4.78, 5) is 12.3. The largest absolute Gasteiger partial charge is 0.389 e. The molecule has 0 aliphatic carbocycles. The van der Waals surface area contributed by atoms with Crippen LogP contribution in [0.3, 0.4) is 0 Å². The number of hydrogen-bond donors (Lipinski definition) is 2. The number of hydrogen-bond acceptors (Lipinski definition) is 3. The first-order chi connectivity index (χ1) is 8.99. The molecule has 7 heteroatoms. The maximum Gasteiger partial charge on any atom is 0.273 e. The van der Waals surface area contributed by atoms with Gasteiger partial charge >= 0.3 is 0 Å². The van der Waals surface area contributed by atoms with Crippen molar-refractivity contribution in [3.63, 3.8) is 0 Å². The highest BCUT2D eigenvalue weighted by Gasteiger charge is 2.13. The number of nitrogens with two attached hydrogens (primary N) is 1. The van der Waals surface area contributed by atoms with Crippen molar-refractivity contribution >= 4 is 44.7 Å². The normalized spacial score (nSPS) is 10.2. The smallest absolute Gasteiger partial charge is 0.273 e. The van der Waals surface area contributed by atoms with Crippen LogP contribution >= 0.6 is 28.1 Å². The third-order valence-corrected chi connectivity index (χ3v) is 3.26. The van der Waals surface area contributed by atoms with Crippen LogP contribution in [-0.2, 0) is 7.05 Å². The van der Waals surface area contributed by atoms with Gasteiger partial charge in [0.05, 0.1) is 5.69 Å². The fourth-order valence-electron chi connectivity index (χ4n) is 1.62. The summed E-state index contributed by atoms with van der Waals surface area (Å²) in [6.07, 6.45) is 1.56. The molecule has 19 heavy (non-hydrogen) atoms. The van der Waals surface area contributed by atoms with E-state index in [0.29, 0.717) is 16.9 Å². The number of amides is 1. The minimum absolute atomic E-state index is 0.229. The van der Waals surface area contributed by atoms with E-state index in [9.17, 15) is 4.79 Å². The molecule has 0 aliphatic rings. The van der Waals surface area contributed by atoms with Gasteiger partial charge in [0.2, 0.25) is 0 Å². The Kier molecular flexibility index (Phi) is 3.96. The molecular formula is C12H11BrN4OS. The molecule has 1 amide bonds. The molecule has 0 unspecified atom stereocenters. The fraction of sp³-hybridized carbons (Fsp3) is 0.0833. The number of nitrogens with one attached hydrogen (secondary N) is 1. The minimum atomic E-state index is -0.268. The Morgan fingerprint density at radius 1 is 1.47 bits per heavy atom. The van der Waals surface area contributed by atoms with Gasteiger partial charge in [-0.3, -0.25) is 9.48 Å². The van der Waals surface area contributed by atoms with Crippen molar-refractivity contribution < 1.29 is 4.79 Å². The van der Waals surface area contributed by atoms with Crippen LogP contribution in [0.4, 0.5) is 5.69 Å². The van der Waals surface area contributed by atoms with E-state index in [1.54, 1.807) is 31.4 Å². The molecule has 1 aromatic carbocycles. The lowest BCUT2D eigenvalue weighted by molar-refractivity contribution is 0.101. The molecular weight excluding hydrogens is 328 g/mol. The predicted octanol–water partition coefficient (Wildman–Crippen LogP) is 2.07. The zero-order valence-electron chi connectivity index (χ0n) is 10.1. The third-order valence-electron chi connectivity index (χ3n) is 2.55. The summed E-state index contributed by atoms with van der Waals surface area (Å²) in [6.45, 7) is 0. The maximum atomic E-state index is 12.1. The van der Waals surface area contributed by atoms with Crippen molar-refractivity contribution in [1.82, 2.24) is 9.78 Å². The predicted molar refractivity (Wildman–Crippen MR) is 81.2 cm³/mol. The molecule has 2 aromatic rings. The number of carbonyl (C=O) groups excluding carboxylic acids is 1. The summed E-state index contributed by atoms with van der Waals surface area (Å²) in [5.74, 6) is -0.268. The molecule has 3 N–H and O–H groups in total. The molecule has 0 atom stereocenters. The van der Waals surface area contributed by atoms with E-state index >= 15 is 0 Å². The van der Waals surface area contributed by atoms with Crippen molar-refractivity contribution in [1.29, 1.82) is 0 Å². The highest BCUT2D eigenvalue weighted by atomic mass is 79.9. The number of benzene rings is 1. The summed E-state index contributed by atoms with van der Waals surface area (Å²) in [7, 11) is 1.70. The Hall–Kier alpha value is -1.73. The van der Waals surface area contributed by atoms with Gasteiger partial charge in [0.15, 0.2) is 0 Å². The second-order valence-electron chi connectivity index (χ2n) is 3.85. The van der Waals surface area contributed by atoms with E-state index in [-0.39, 0.29) is 10.9 Å². The van der Waals surface area contributed by atoms with Crippen LogP contribution < -0.4 is 11.1 Å². The second-order valence-corrected chi connectivity index (χ2v) is 5.20. The van der Waals surface area contributed by atoms with Gasteiger partial charge in [-0.25, -0.2) is 0 Å². The molecule has 98 valence electrons. The molecule has 0 spiro atoms. The molecule has 0 saturated heterocycles. The number of aryl methyl sites for hydroxylation is 1. The zero-order valence-corrected chi connectivity index (χ0v) is 12.5. The lowest BCUT2D eigenvalue weighted by Crippen LogP contribution is -2.19. The number of rotatable bonds is 3. The molecule has 1 aromatic heterocycles. The SMILES string of the molecule is Cn1nccc1C(=O)Nc1cc(Br)ccc1C(N)=S. The molecule has 0 radical (unpaired) electrons. The lowest BCUT2D eigenvalue weighted by Gasteiger charge is -2.10. The number of anilines is 1. The first-order valence-electron chi connectivity index (χ1n) is 5.37. The van der Waals surface area contributed by atoms with Gasteiger partial charge in [-0.05, 0) is 24.3 Å². The molecule has 0 saturated carbocycles. The van der Waals surface area contributed by atoms with Crippen LogP contribution in [-0.4, -0.2) is 20.7 Å². The van der Waals surface area contributed by atoms with E-state index in [4.69, 9.17) is 18.0 Å². The fourth-order valence-corrected chi connectivity index (χ4v) is 2.16. The Bertz CT molecular complexity index is 653. The van der Waals surface area contributed by atoms with E-state index in [2.05, 4.69) is 26.3 Å². The van der Waals surface area contributed by atoms with Gasteiger partial charge in [0.1, 0.15) is 10.7 Å². The van der Waals surface area contributed by atoms with Crippen LogP contribution in [0.2, 0.25) is 0 Å². The van der Waals surface area contributed by atoms with Gasteiger partial charge in [-0.15, -0.1) is 0 Å². The van der Waals surface area contributed by atoms with Crippen molar-refractivity contribution in [2.24, 2.45) is 12.8 Å². The van der Waals surface area contributed by atoms with Crippen LogP contribution in [0.15, 0.2) is 34.9 Å². The van der Waals surface area contributed by atoms with Gasteiger partial charge in [-0.2, -0.15) is 5.10 Å². The molecule has 5 nitrogen and oxygen atoms in total. The topological polar surface area (TPSA) is 72.9 Å². The Balaban J connectivity index is 2.33. The molecule has 0 aliphatic heterocycles. The molecule has 0 fully saturated rings. The minimum Gasteiger partial charge on any atom is -0.389 e. The number of halogens is 1. The van der Waals surface area contributed by atoms with Gasteiger partial charge < -0.3 is 11.1 Å². The van der Waals surface area contributed by atoms with E-state index in [1.807, 2.05) is 6.07 Å². The van der Waals surface area contributed by atoms with Gasteiger partial charge in [-0.1, -0.05) is 28.1 Å². The molecule has 0 bridgehead atoms. The first-order valence-corrected chi connectivity index (χ1v) is 6.58. The second kappa shape index (κ2) is 5.50. The standard InChI is InChI=1S/C12H11BrN4OS/c1-17-10(4-5-15-17)12(18)16-9-6-7(13)2-3-8(9)11(14)19/h2-6H,1H3,(H2,14,19)(H,16,18). The Morgan fingerprint density at radius 3 is 2.79 bits per heavy atom. The van der Waals surface area contributed by atoms with E-state index in [1.165, 1.54) is 4.68 Å². The average Bonchev–Trinajstić information content (AvgIpc) is 2.75. The van der Waals surface area contributed by atoms with Crippen LogP contribution in [0, 0.1) is 0 Å². The van der Waals surface area contributed by atoms with Crippen molar-refractivity contribution in [2.45, 2.75) is 0 Å². The van der Waals surface area contributed by atoms with Crippen LogP contribution in [0.5, 0.6) is 0 Å². The average molecular weight is 339 g/mol. The summed E-state index contributed by atoms with van der Waals surface area (Å²) in [5, 5.41) is 6.73. The summed E-state index contributed by atoms with van der Waals surface area (Å²) >= 11 is 8.31. The van der Waals surface area contributed by atoms with E-state index < -0.39 is 0 Å². The van der Waals surface area contributed by atoms with Gasteiger partial charge in [0.25, 0.3) is 5.91 Å². The van der Waals surface area contributed by atoms with Crippen molar-refractivity contribution in [2.75, 3.05) is 5.32 Å². The lowest BCUT2D eigenvalue weighted by atomic mass is 10.1. The molecule has 2 rings (SSSR count). The number of thiocarbonyl (C=S) groups is 1. The summed E-state index contributed by atoms with van der Waals surface area (Å²) < 4.78 is 2.32. The van der Waals surface area contributed by atoms with Crippen molar-refractivity contribution in [3.05, 3.63) is 46.2 Å².